The maximum atomic E-state index is 12.4. The lowest BCUT2D eigenvalue weighted by Gasteiger charge is -2.12. The Morgan fingerprint density at radius 3 is 2.72 bits per heavy atom. The molecule has 3 nitrogen and oxygen atoms in total. The molecule has 0 radical (unpaired) electrons. The van der Waals surface area contributed by atoms with E-state index >= 15 is 0 Å². The summed E-state index contributed by atoms with van der Waals surface area (Å²) in [7, 11) is 1.24. The van der Waals surface area contributed by atoms with Gasteiger partial charge in [-0.15, -0.1) is 0 Å². The summed E-state index contributed by atoms with van der Waals surface area (Å²) >= 11 is 3.06. The Morgan fingerprint density at radius 1 is 1.50 bits per heavy atom. The number of hydrogen-bond donors (Lipinski definition) is 1. The Bertz CT molecular complexity index is 423. The van der Waals surface area contributed by atoms with Crippen molar-refractivity contribution in [3.8, 4) is 0 Å². The fourth-order valence-corrected chi connectivity index (χ4v) is 1.57. The first-order chi connectivity index (χ1) is 8.34. The molecule has 0 saturated carbocycles. The van der Waals surface area contributed by atoms with Gasteiger partial charge in [-0.05, 0) is 18.2 Å². The highest BCUT2D eigenvalue weighted by Gasteiger charge is 2.30. The molecular weight excluding hydrogens is 315 g/mol. The van der Waals surface area contributed by atoms with Crippen LogP contribution in [0, 0.1) is 0 Å². The van der Waals surface area contributed by atoms with E-state index in [4.69, 9.17) is 0 Å². The van der Waals surface area contributed by atoms with Gasteiger partial charge in [0.1, 0.15) is 4.83 Å². The summed E-state index contributed by atoms with van der Waals surface area (Å²) in [5.41, 5.74) is -0.449. The molecule has 7 heteroatoms. The van der Waals surface area contributed by atoms with Crippen LogP contribution >= 0.6 is 15.9 Å². The number of esters is 1. The summed E-state index contributed by atoms with van der Waals surface area (Å²) in [5.74, 6) is -0.491. The number of anilines is 1. The average Bonchev–Trinajstić information content (AvgIpc) is 2.34. The van der Waals surface area contributed by atoms with Gasteiger partial charge in [0, 0.05) is 12.2 Å². The van der Waals surface area contributed by atoms with Gasteiger partial charge in [-0.25, -0.2) is 0 Å². The van der Waals surface area contributed by atoms with Gasteiger partial charge >= 0.3 is 12.1 Å². The average molecular weight is 326 g/mol. The third-order valence-electron chi connectivity index (χ3n) is 2.13. The zero-order valence-electron chi connectivity index (χ0n) is 9.42. The number of carbonyl (C=O) groups excluding carboxylic acids is 1. The Balaban J connectivity index is 2.66. The van der Waals surface area contributed by atoms with Gasteiger partial charge < -0.3 is 10.1 Å². The van der Waals surface area contributed by atoms with Crippen molar-refractivity contribution < 1.29 is 22.7 Å². The van der Waals surface area contributed by atoms with Gasteiger partial charge in [-0.2, -0.15) is 13.2 Å². The van der Waals surface area contributed by atoms with E-state index in [2.05, 4.69) is 26.0 Å². The van der Waals surface area contributed by atoms with E-state index in [1.54, 1.807) is 0 Å². The number of ether oxygens (including phenoxy) is 1. The Kier molecular flexibility index (Phi) is 5.01. The zero-order chi connectivity index (χ0) is 13.8. The molecular formula is C11H11BrF3NO2. The van der Waals surface area contributed by atoms with E-state index in [0.29, 0.717) is 0 Å². The minimum atomic E-state index is -4.38. The molecule has 0 aliphatic heterocycles. The summed E-state index contributed by atoms with van der Waals surface area (Å²) in [6.45, 7) is 0.133. The Hall–Kier alpha value is -1.24. The number of nitrogens with one attached hydrogen (secondary N) is 1. The molecule has 0 aliphatic carbocycles. The normalized spacial score (nSPS) is 12.9. The molecule has 0 bridgehead atoms. The molecule has 1 N–H and O–H groups in total. The molecule has 1 aromatic carbocycles. The standard InChI is InChI=1S/C11H11BrF3NO2/c1-18-10(17)9(12)6-16-8-4-2-3-7(5-8)11(13,14)15/h2-5,9,16H,6H2,1H3. The smallest absolute Gasteiger partial charge is 0.416 e. The third kappa shape index (κ3) is 4.21. The predicted molar refractivity (Wildman–Crippen MR) is 64.7 cm³/mol. The van der Waals surface area contributed by atoms with Crippen LogP contribution in [0.15, 0.2) is 24.3 Å². The van der Waals surface area contributed by atoms with Crippen LogP contribution in [0.4, 0.5) is 18.9 Å². The number of alkyl halides is 4. The highest BCUT2D eigenvalue weighted by molar-refractivity contribution is 9.10. The van der Waals surface area contributed by atoms with Crippen LogP contribution in [0.1, 0.15) is 5.56 Å². The first-order valence-electron chi connectivity index (χ1n) is 4.97. The van der Waals surface area contributed by atoms with Crippen molar-refractivity contribution in [1.29, 1.82) is 0 Å². The maximum absolute atomic E-state index is 12.4. The summed E-state index contributed by atoms with van der Waals surface area (Å²) < 4.78 is 41.8. The summed E-state index contributed by atoms with van der Waals surface area (Å²) in [5, 5.41) is 2.72. The van der Waals surface area contributed by atoms with Crippen molar-refractivity contribution in [2.24, 2.45) is 0 Å². The number of halogens is 4. The Morgan fingerprint density at radius 2 is 2.17 bits per heavy atom. The van der Waals surface area contributed by atoms with Crippen molar-refractivity contribution in [3.63, 3.8) is 0 Å². The maximum Gasteiger partial charge on any atom is 0.416 e. The molecule has 0 heterocycles. The molecule has 0 aliphatic rings. The van der Waals surface area contributed by atoms with E-state index in [1.807, 2.05) is 0 Å². The lowest BCUT2D eigenvalue weighted by Crippen LogP contribution is -2.24. The first-order valence-corrected chi connectivity index (χ1v) is 5.89. The van der Waals surface area contributed by atoms with E-state index in [9.17, 15) is 18.0 Å². The molecule has 0 spiro atoms. The van der Waals surface area contributed by atoms with Gasteiger partial charge in [0.25, 0.3) is 0 Å². The first kappa shape index (κ1) is 14.8. The van der Waals surface area contributed by atoms with Crippen molar-refractivity contribution in [2.45, 2.75) is 11.0 Å². The number of hydrogen-bond acceptors (Lipinski definition) is 3. The van der Waals surface area contributed by atoms with Crippen LogP contribution in [0.25, 0.3) is 0 Å². The summed E-state index contributed by atoms with van der Waals surface area (Å²) in [4.78, 5) is 10.5. The van der Waals surface area contributed by atoms with Gasteiger partial charge in [-0.1, -0.05) is 22.0 Å². The van der Waals surface area contributed by atoms with Gasteiger partial charge in [-0.3, -0.25) is 4.79 Å². The van der Waals surface area contributed by atoms with Crippen LogP contribution in [-0.4, -0.2) is 24.5 Å². The lowest BCUT2D eigenvalue weighted by molar-refractivity contribution is -0.139. The largest absolute Gasteiger partial charge is 0.468 e. The predicted octanol–water partition coefficient (Wildman–Crippen LogP) is 3.05. The summed E-state index contributed by atoms with van der Waals surface area (Å²) in [6, 6.07) is 4.76. The highest BCUT2D eigenvalue weighted by Crippen LogP contribution is 2.30. The van der Waals surface area contributed by atoms with Crippen LogP contribution in [0.2, 0.25) is 0 Å². The molecule has 18 heavy (non-hydrogen) atoms. The number of carbonyl (C=O) groups is 1. The molecule has 0 aromatic heterocycles. The second kappa shape index (κ2) is 6.08. The fraction of sp³-hybridized carbons (Fsp3) is 0.364. The van der Waals surface area contributed by atoms with Crippen LogP contribution in [0.5, 0.6) is 0 Å². The van der Waals surface area contributed by atoms with E-state index in [1.165, 1.54) is 19.2 Å². The van der Waals surface area contributed by atoms with Gasteiger partial charge in [0.2, 0.25) is 0 Å². The molecule has 1 rings (SSSR count). The zero-order valence-corrected chi connectivity index (χ0v) is 11.0. The quantitative estimate of drug-likeness (QED) is 0.683. The van der Waals surface area contributed by atoms with Gasteiger partial charge in [0.05, 0.1) is 12.7 Å². The molecule has 0 amide bonds. The third-order valence-corrected chi connectivity index (χ3v) is 2.83. The molecule has 100 valence electrons. The van der Waals surface area contributed by atoms with E-state index < -0.39 is 22.5 Å². The van der Waals surface area contributed by atoms with Crippen molar-refractivity contribution in [1.82, 2.24) is 0 Å². The van der Waals surface area contributed by atoms with Crippen LogP contribution in [-0.2, 0) is 15.7 Å². The monoisotopic (exact) mass is 325 g/mol. The van der Waals surface area contributed by atoms with Gasteiger partial charge in [0.15, 0.2) is 0 Å². The van der Waals surface area contributed by atoms with E-state index in [-0.39, 0.29) is 12.2 Å². The lowest BCUT2D eigenvalue weighted by atomic mass is 10.2. The van der Waals surface area contributed by atoms with Crippen molar-refractivity contribution >= 4 is 27.6 Å². The topological polar surface area (TPSA) is 38.3 Å². The molecule has 0 saturated heterocycles. The number of methoxy groups -OCH3 is 1. The van der Waals surface area contributed by atoms with Crippen molar-refractivity contribution in [2.75, 3.05) is 19.0 Å². The minimum absolute atomic E-state index is 0.133. The second-order valence-corrected chi connectivity index (χ2v) is 4.56. The van der Waals surface area contributed by atoms with Crippen LogP contribution in [0.3, 0.4) is 0 Å². The van der Waals surface area contributed by atoms with E-state index in [0.717, 1.165) is 12.1 Å². The molecule has 1 unspecified atom stereocenters. The summed E-state index contributed by atoms with van der Waals surface area (Å²) in [6.07, 6.45) is -4.38. The number of benzene rings is 1. The number of rotatable bonds is 4. The van der Waals surface area contributed by atoms with Crippen LogP contribution < -0.4 is 5.32 Å². The molecule has 0 fully saturated rings. The second-order valence-electron chi connectivity index (χ2n) is 3.45. The Labute approximate surface area is 110 Å². The fourth-order valence-electron chi connectivity index (χ4n) is 1.22. The van der Waals surface area contributed by atoms with Crippen molar-refractivity contribution in [3.05, 3.63) is 29.8 Å². The molecule has 1 aromatic rings. The minimum Gasteiger partial charge on any atom is -0.468 e. The highest BCUT2D eigenvalue weighted by atomic mass is 79.9. The SMILES string of the molecule is COC(=O)C(Br)CNc1cccc(C(F)(F)F)c1. The molecule has 1 atom stereocenters.